The summed E-state index contributed by atoms with van der Waals surface area (Å²) < 4.78 is 17.5. The number of aryl methyl sites for hydroxylation is 1. The lowest BCUT2D eigenvalue weighted by Crippen LogP contribution is -2.27. The van der Waals surface area contributed by atoms with Gasteiger partial charge < -0.3 is 30.2 Å². The van der Waals surface area contributed by atoms with Crippen molar-refractivity contribution in [3.05, 3.63) is 35.0 Å². The molecule has 0 fully saturated rings. The van der Waals surface area contributed by atoms with Crippen molar-refractivity contribution in [2.24, 2.45) is 0 Å². The number of hydrogen-bond donors (Lipinski definition) is 2. The molecule has 8 heteroatoms. The average molecular weight is 488 g/mol. The Hall–Kier alpha value is -2.58. The second-order valence-electron chi connectivity index (χ2n) is 9.21. The molecule has 0 spiro atoms. The van der Waals surface area contributed by atoms with Crippen LogP contribution in [0.15, 0.2) is 18.2 Å². The van der Waals surface area contributed by atoms with Gasteiger partial charge in [-0.05, 0) is 51.9 Å². The van der Waals surface area contributed by atoms with Crippen LogP contribution in [-0.4, -0.2) is 68.5 Å². The summed E-state index contributed by atoms with van der Waals surface area (Å²) in [7, 11) is 5.81. The van der Waals surface area contributed by atoms with E-state index in [9.17, 15) is 0 Å². The lowest BCUT2D eigenvalue weighted by Gasteiger charge is -2.22. The van der Waals surface area contributed by atoms with Gasteiger partial charge in [-0.3, -0.25) is 0 Å². The molecule has 0 unspecified atom stereocenters. The molecule has 0 amide bonds. The van der Waals surface area contributed by atoms with E-state index in [1.54, 1.807) is 7.11 Å². The minimum absolute atomic E-state index is 0.157. The van der Waals surface area contributed by atoms with Crippen molar-refractivity contribution in [2.45, 2.75) is 65.3 Å². The number of nitrogen functional groups attached to an aromatic ring is 1. The molecule has 3 N–H and O–H groups in total. The second-order valence-corrected chi connectivity index (χ2v) is 9.21. The number of methoxy groups -OCH3 is 1. The van der Waals surface area contributed by atoms with Crippen LogP contribution in [0, 0.1) is 6.92 Å². The van der Waals surface area contributed by atoms with E-state index in [1.165, 1.54) is 0 Å². The molecule has 0 aliphatic heterocycles. The Morgan fingerprint density at radius 1 is 1.09 bits per heavy atom. The Bertz CT molecular complexity index is 891. The highest BCUT2D eigenvalue weighted by Gasteiger charge is 2.18. The summed E-state index contributed by atoms with van der Waals surface area (Å²) in [6.07, 6.45) is 5.81. The van der Waals surface area contributed by atoms with Gasteiger partial charge in [-0.1, -0.05) is 32.8 Å². The summed E-state index contributed by atoms with van der Waals surface area (Å²) in [6, 6.07) is 6.16. The zero-order chi connectivity index (χ0) is 25.6. The van der Waals surface area contributed by atoms with E-state index in [2.05, 4.69) is 54.2 Å². The molecule has 0 radical (unpaired) electrons. The average Bonchev–Trinajstić information content (AvgIpc) is 2.82. The van der Waals surface area contributed by atoms with Crippen molar-refractivity contribution in [3.8, 4) is 11.5 Å². The zero-order valence-electron chi connectivity index (χ0n) is 22.5. The Morgan fingerprint density at radius 2 is 1.89 bits per heavy atom. The number of nitrogens with two attached hydrogens (primary N) is 1. The van der Waals surface area contributed by atoms with Gasteiger partial charge in [0, 0.05) is 36.9 Å². The topological polar surface area (TPSA) is 94.8 Å². The minimum atomic E-state index is 0.157. The van der Waals surface area contributed by atoms with Gasteiger partial charge in [0.25, 0.3) is 0 Å². The van der Waals surface area contributed by atoms with E-state index in [0.717, 1.165) is 79.4 Å². The van der Waals surface area contributed by atoms with E-state index in [4.69, 9.17) is 19.9 Å². The largest absolute Gasteiger partial charge is 0.496 e. The van der Waals surface area contributed by atoms with Gasteiger partial charge in [0.15, 0.2) is 0 Å². The third-order valence-corrected chi connectivity index (χ3v) is 5.81. The minimum Gasteiger partial charge on any atom is -0.496 e. The number of anilines is 2. The lowest BCUT2D eigenvalue weighted by molar-refractivity contribution is 0.120. The SMILES string of the molecule is CCCCOC[C@H](CCC)Nc1nc(N)nc(C)c1Cc1ccc(OCCCN(C)C)cc1OC. The molecule has 1 heterocycles. The zero-order valence-corrected chi connectivity index (χ0v) is 22.5. The first-order valence-electron chi connectivity index (χ1n) is 12.8. The predicted octanol–water partition coefficient (Wildman–Crippen LogP) is 4.69. The van der Waals surface area contributed by atoms with E-state index in [0.29, 0.717) is 19.6 Å². The molecule has 196 valence electrons. The van der Waals surface area contributed by atoms with Crippen LogP contribution in [0.5, 0.6) is 11.5 Å². The van der Waals surface area contributed by atoms with Crippen molar-refractivity contribution in [2.75, 3.05) is 58.6 Å². The smallest absolute Gasteiger partial charge is 0.222 e. The summed E-state index contributed by atoms with van der Waals surface area (Å²) in [6.45, 7) is 9.39. The van der Waals surface area contributed by atoms with Crippen LogP contribution in [0.4, 0.5) is 11.8 Å². The Morgan fingerprint density at radius 3 is 2.57 bits per heavy atom. The van der Waals surface area contributed by atoms with Gasteiger partial charge in [-0.25, -0.2) is 4.98 Å². The summed E-state index contributed by atoms with van der Waals surface area (Å²) in [5, 5.41) is 3.59. The number of aromatic nitrogens is 2. The highest BCUT2D eigenvalue weighted by molar-refractivity contribution is 5.54. The maximum absolute atomic E-state index is 6.03. The normalized spacial score (nSPS) is 12.1. The number of ether oxygens (including phenoxy) is 3. The van der Waals surface area contributed by atoms with Crippen LogP contribution in [0.1, 0.15) is 62.8 Å². The summed E-state index contributed by atoms with van der Waals surface area (Å²) in [4.78, 5) is 11.1. The summed E-state index contributed by atoms with van der Waals surface area (Å²) in [5.74, 6) is 2.62. The fourth-order valence-corrected chi connectivity index (χ4v) is 3.88. The van der Waals surface area contributed by atoms with Gasteiger partial charge >= 0.3 is 0 Å². The Balaban J connectivity index is 2.19. The van der Waals surface area contributed by atoms with E-state index in [-0.39, 0.29) is 12.0 Å². The molecule has 2 rings (SSSR count). The van der Waals surface area contributed by atoms with Gasteiger partial charge in [0.1, 0.15) is 17.3 Å². The number of rotatable bonds is 17. The van der Waals surface area contributed by atoms with Crippen LogP contribution in [0.2, 0.25) is 0 Å². The van der Waals surface area contributed by atoms with Crippen molar-refractivity contribution < 1.29 is 14.2 Å². The van der Waals surface area contributed by atoms with Crippen LogP contribution in [0.25, 0.3) is 0 Å². The van der Waals surface area contributed by atoms with Gasteiger partial charge in [-0.15, -0.1) is 0 Å². The first kappa shape index (κ1) is 28.7. The quantitative estimate of drug-likeness (QED) is 0.310. The fourth-order valence-electron chi connectivity index (χ4n) is 3.88. The molecular formula is C27H45N5O3. The summed E-state index contributed by atoms with van der Waals surface area (Å²) >= 11 is 0. The molecule has 0 saturated carbocycles. The maximum Gasteiger partial charge on any atom is 0.222 e. The predicted molar refractivity (Wildman–Crippen MR) is 144 cm³/mol. The van der Waals surface area contributed by atoms with E-state index in [1.807, 2.05) is 19.1 Å². The number of nitrogens with zero attached hydrogens (tertiary/aromatic N) is 3. The molecular weight excluding hydrogens is 442 g/mol. The molecule has 0 aliphatic carbocycles. The number of nitrogens with one attached hydrogen (secondary N) is 1. The fraction of sp³-hybridized carbons (Fsp3) is 0.630. The van der Waals surface area contributed by atoms with Crippen LogP contribution in [0.3, 0.4) is 0 Å². The van der Waals surface area contributed by atoms with Crippen LogP contribution < -0.4 is 20.5 Å². The Kier molecular flexibility index (Phi) is 12.6. The third kappa shape index (κ3) is 9.90. The molecule has 1 atom stereocenters. The molecule has 2 aromatic rings. The molecule has 1 aromatic heterocycles. The first-order chi connectivity index (χ1) is 16.9. The van der Waals surface area contributed by atoms with E-state index < -0.39 is 0 Å². The monoisotopic (exact) mass is 487 g/mol. The van der Waals surface area contributed by atoms with Gasteiger partial charge in [0.2, 0.25) is 5.95 Å². The third-order valence-electron chi connectivity index (χ3n) is 5.81. The molecule has 8 nitrogen and oxygen atoms in total. The second kappa shape index (κ2) is 15.4. The molecule has 35 heavy (non-hydrogen) atoms. The maximum atomic E-state index is 6.03. The molecule has 1 aromatic carbocycles. The van der Waals surface area contributed by atoms with Crippen molar-refractivity contribution in [1.82, 2.24) is 14.9 Å². The molecule has 0 bridgehead atoms. The van der Waals surface area contributed by atoms with Crippen LogP contribution >= 0.6 is 0 Å². The first-order valence-corrected chi connectivity index (χ1v) is 12.8. The van der Waals surface area contributed by atoms with Gasteiger partial charge in [-0.2, -0.15) is 4.98 Å². The van der Waals surface area contributed by atoms with Gasteiger partial charge in [0.05, 0.1) is 26.4 Å². The van der Waals surface area contributed by atoms with Crippen molar-refractivity contribution in [3.63, 3.8) is 0 Å². The highest BCUT2D eigenvalue weighted by Crippen LogP contribution is 2.30. The number of benzene rings is 1. The number of hydrogen-bond acceptors (Lipinski definition) is 8. The standard InChI is InChI=1S/C27H45N5O3/c1-7-9-15-34-19-22(11-8-2)30-26-24(20(3)29-27(28)31-26)17-21-12-13-23(18-25(21)33-6)35-16-10-14-32(4)5/h12-13,18,22H,7-11,14-17,19H2,1-6H3,(H3,28,29,30,31)/t22-/m0/s1. The van der Waals surface area contributed by atoms with Crippen LogP contribution in [-0.2, 0) is 11.2 Å². The van der Waals surface area contributed by atoms with E-state index >= 15 is 0 Å². The summed E-state index contributed by atoms with van der Waals surface area (Å²) in [5.41, 5.74) is 8.93. The molecule has 0 saturated heterocycles. The highest BCUT2D eigenvalue weighted by atomic mass is 16.5. The number of unbranched alkanes of at least 4 members (excludes halogenated alkanes) is 1. The van der Waals surface area contributed by atoms with Crippen molar-refractivity contribution >= 4 is 11.8 Å². The molecule has 0 aliphatic rings. The lowest BCUT2D eigenvalue weighted by atomic mass is 10.0. The Labute approximate surface area is 211 Å². The van der Waals surface area contributed by atoms with Crippen molar-refractivity contribution in [1.29, 1.82) is 0 Å².